The van der Waals surface area contributed by atoms with Gasteiger partial charge in [-0.25, -0.2) is 0 Å². The Kier molecular flexibility index (Phi) is 4.24. The fraction of sp³-hybridized carbons (Fsp3) is 0.350. The molecule has 1 aliphatic heterocycles. The lowest BCUT2D eigenvalue weighted by Crippen LogP contribution is -2.63. The number of hydrogen-bond acceptors (Lipinski definition) is 8. The zero-order chi connectivity index (χ0) is 19.8. The molecule has 3 heterocycles. The minimum atomic E-state index is -0.424. The minimum Gasteiger partial charge on any atom is -0.423 e. The summed E-state index contributed by atoms with van der Waals surface area (Å²) in [6.07, 6.45) is 4.97. The largest absolute Gasteiger partial charge is 0.423 e. The summed E-state index contributed by atoms with van der Waals surface area (Å²) in [5.41, 5.74) is 2.60. The monoisotopic (exact) mass is 394 g/mol. The smallest absolute Gasteiger partial charge is 0.298 e. The molecule has 1 spiro atoms. The van der Waals surface area contributed by atoms with Crippen LogP contribution in [0.2, 0.25) is 0 Å². The maximum absolute atomic E-state index is 13.0. The van der Waals surface area contributed by atoms with Crippen LogP contribution in [0.1, 0.15) is 32.6 Å². The second-order valence-electron chi connectivity index (χ2n) is 7.48. The lowest BCUT2D eigenvalue weighted by molar-refractivity contribution is -0.113. The molecular weight excluding hydrogens is 372 g/mol. The van der Waals surface area contributed by atoms with E-state index >= 15 is 0 Å². The molecule has 0 saturated heterocycles. The van der Waals surface area contributed by atoms with Crippen molar-refractivity contribution < 1.29 is 13.7 Å². The van der Waals surface area contributed by atoms with Crippen LogP contribution in [-0.4, -0.2) is 27.9 Å². The van der Waals surface area contributed by atoms with E-state index in [0.717, 1.165) is 42.5 Å². The van der Waals surface area contributed by atoms with Gasteiger partial charge < -0.3 is 24.9 Å². The van der Waals surface area contributed by atoms with E-state index in [0.29, 0.717) is 17.4 Å². The molecule has 3 aromatic rings. The quantitative estimate of drug-likeness (QED) is 0.534. The first-order valence-corrected chi connectivity index (χ1v) is 9.72. The van der Waals surface area contributed by atoms with Gasteiger partial charge in [-0.15, -0.1) is 0 Å². The molecule has 29 heavy (non-hydrogen) atoms. The first-order chi connectivity index (χ1) is 14.1. The molecule has 150 valence electrons. The topological polar surface area (TPSA) is 117 Å². The van der Waals surface area contributed by atoms with Gasteiger partial charge in [-0.3, -0.25) is 10.1 Å². The second-order valence-corrected chi connectivity index (χ2v) is 7.48. The van der Waals surface area contributed by atoms with E-state index in [-0.39, 0.29) is 12.2 Å². The molecule has 1 aromatic carbocycles. The molecule has 2 aromatic heterocycles. The van der Waals surface area contributed by atoms with Crippen LogP contribution in [-0.2, 0) is 4.79 Å². The molecular formula is C20H22N6O3. The average Bonchev–Trinajstić information content (AvgIpc) is 3.42. The Morgan fingerprint density at radius 1 is 1.24 bits per heavy atom. The number of hydrogen-bond donors (Lipinski definition) is 4. The molecule has 1 saturated carbocycles. The zero-order valence-corrected chi connectivity index (χ0v) is 16.0. The van der Waals surface area contributed by atoms with Crippen LogP contribution in [0.5, 0.6) is 0 Å². The van der Waals surface area contributed by atoms with Crippen molar-refractivity contribution in [3.8, 4) is 0 Å². The first-order valence-electron chi connectivity index (χ1n) is 9.72. The number of para-hydroxylation sites is 2. The number of carbonyl (C=O) groups is 1. The maximum atomic E-state index is 13.0. The number of amides is 1. The summed E-state index contributed by atoms with van der Waals surface area (Å²) in [5.74, 6) is 0.216. The molecule has 1 aliphatic carbocycles. The average molecular weight is 394 g/mol. The number of fused-ring (bicyclic) bond motifs is 1. The van der Waals surface area contributed by atoms with E-state index in [4.69, 9.17) is 8.94 Å². The van der Waals surface area contributed by atoms with Gasteiger partial charge in [-0.1, -0.05) is 30.1 Å². The van der Waals surface area contributed by atoms with Gasteiger partial charge in [0.2, 0.25) is 0 Å². The molecule has 1 unspecified atom stereocenters. The summed E-state index contributed by atoms with van der Waals surface area (Å²) in [6, 6.07) is 9.66. The molecule has 9 nitrogen and oxygen atoms in total. The van der Waals surface area contributed by atoms with Crippen LogP contribution in [0.4, 0.5) is 11.8 Å². The van der Waals surface area contributed by atoms with Crippen molar-refractivity contribution in [3.05, 3.63) is 47.9 Å². The summed E-state index contributed by atoms with van der Waals surface area (Å²) < 4.78 is 10.6. The number of nitrogens with one attached hydrogen (secondary N) is 4. The maximum Gasteiger partial charge on any atom is 0.298 e. The van der Waals surface area contributed by atoms with Gasteiger partial charge in [-0.2, -0.15) is 4.98 Å². The van der Waals surface area contributed by atoms with E-state index in [9.17, 15) is 4.79 Å². The van der Waals surface area contributed by atoms with Crippen LogP contribution in [0.25, 0.3) is 11.1 Å². The highest BCUT2D eigenvalue weighted by molar-refractivity contribution is 6.05. The van der Waals surface area contributed by atoms with Crippen molar-refractivity contribution in [2.75, 3.05) is 10.6 Å². The highest BCUT2D eigenvalue weighted by Crippen LogP contribution is 2.39. The lowest BCUT2D eigenvalue weighted by atomic mass is 9.84. The first kappa shape index (κ1) is 17.7. The number of rotatable bonds is 4. The van der Waals surface area contributed by atoms with Gasteiger partial charge in [0.25, 0.3) is 11.9 Å². The van der Waals surface area contributed by atoms with Crippen molar-refractivity contribution in [1.82, 2.24) is 20.8 Å². The Hall–Kier alpha value is -3.33. The van der Waals surface area contributed by atoms with Crippen molar-refractivity contribution in [2.24, 2.45) is 0 Å². The number of nitrogens with zero attached hydrogens (tertiary/aromatic N) is 2. The van der Waals surface area contributed by atoms with Crippen molar-refractivity contribution in [1.29, 1.82) is 0 Å². The normalized spacial score (nSPS) is 20.8. The minimum absolute atomic E-state index is 0.182. The Morgan fingerprint density at radius 3 is 2.83 bits per heavy atom. The molecule has 4 N–H and O–H groups in total. The van der Waals surface area contributed by atoms with E-state index in [1.807, 2.05) is 31.2 Å². The number of benzene rings is 1. The van der Waals surface area contributed by atoms with Gasteiger partial charge in [0.15, 0.2) is 17.7 Å². The standard InChI is InChI=1S/C20H22N6O3/c1-12-16(17(27)23-15-8-11-28-26-15)20(9-4-5-10-20)25-18(21-12)24-19-22-13-6-2-3-7-14(13)29-19/h2-3,6-8,11,18,21,25H,4-5,9-10H2,1H3,(H,22,24)(H,23,26,27). The fourth-order valence-corrected chi connectivity index (χ4v) is 4.38. The lowest BCUT2D eigenvalue weighted by Gasteiger charge is -2.42. The fourth-order valence-electron chi connectivity index (χ4n) is 4.38. The molecule has 1 fully saturated rings. The molecule has 2 aliphatic rings. The van der Waals surface area contributed by atoms with Gasteiger partial charge in [0.1, 0.15) is 11.8 Å². The van der Waals surface area contributed by atoms with E-state index in [2.05, 4.69) is 31.4 Å². The highest BCUT2D eigenvalue weighted by atomic mass is 16.5. The van der Waals surface area contributed by atoms with E-state index in [1.54, 1.807) is 6.07 Å². The number of oxazole rings is 1. The van der Waals surface area contributed by atoms with E-state index in [1.165, 1.54) is 6.26 Å². The van der Waals surface area contributed by atoms with Crippen molar-refractivity contribution in [2.45, 2.75) is 44.4 Å². The van der Waals surface area contributed by atoms with Gasteiger partial charge >= 0.3 is 0 Å². The van der Waals surface area contributed by atoms with Crippen LogP contribution in [0, 0.1) is 0 Å². The number of aromatic nitrogens is 2. The highest BCUT2D eigenvalue weighted by Gasteiger charge is 2.46. The molecule has 1 amide bonds. The Bertz CT molecular complexity index is 1030. The Balaban J connectivity index is 1.41. The van der Waals surface area contributed by atoms with Gasteiger partial charge in [0.05, 0.1) is 11.1 Å². The number of carbonyl (C=O) groups excluding carboxylic acids is 1. The summed E-state index contributed by atoms with van der Waals surface area (Å²) in [4.78, 5) is 17.5. The van der Waals surface area contributed by atoms with Crippen LogP contribution >= 0.6 is 0 Å². The SMILES string of the molecule is CC1=C(C(=O)Nc2ccon2)C2(CCCC2)NC(Nc2nc3ccccc3o2)N1. The molecule has 1 atom stereocenters. The third-order valence-electron chi connectivity index (χ3n) is 5.56. The van der Waals surface area contributed by atoms with Crippen molar-refractivity contribution >= 4 is 28.8 Å². The second kappa shape index (κ2) is 6.93. The Morgan fingerprint density at radius 2 is 2.07 bits per heavy atom. The third-order valence-corrected chi connectivity index (χ3v) is 5.56. The molecule has 0 bridgehead atoms. The van der Waals surface area contributed by atoms with Crippen LogP contribution in [0.3, 0.4) is 0 Å². The van der Waals surface area contributed by atoms with Crippen LogP contribution < -0.4 is 21.3 Å². The molecule has 9 heteroatoms. The van der Waals surface area contributed by atoms with Crippen molar-refractivity contribution in [3.63, 3.8) is 0 Å². The van der Waals surface area contributed by atoms with Gasteiger partial charge in [-0.05, 0) is 31.9 Å². The zero-order valence-electron chi connectivity index (χ0n) is 16.0. The molecule has 5 rings (SSSR count). The summed E-state index contributed by atoms with van der Waals surface area (Å²) in [6.45, 7) is 1.92. The number of allylic oxidation sites excluding steroid dienone is 1. The predicted octanol–water partition coefficient (Wildman–Crippen LogP) is 2.93. The predicted molar refractivity (Wildman–Crippen MR) is 107 cm³/mol. The number of anilines is 2. The summed E-state index contributed by atoms with van der Waals surface area (Å²) in [7, 11) is 0. The third kappa shape index (κ3) is 3.23. The molecule has 0 radical (unpaired) electrons. The Labute approximate surface area is 166 Å². The van der Waals surface area contributed by atoms with E-state index < -0.39 is 5.54 Å². The van der Waals surface area contributed by atoms with Crippen LogP contribution in [0.15, 0.2) is 56.8 Å². The van der Waals surface area contributed by atoms with Gasteiger partial charge in [0, 0.05) is 11.8 Å². The summed E-state index contributed by atoms with van der Waals surface area (Å²) in [5, 5.41) is 16.8. The summed E-state index contributed by atoms with van der Waals surface area (Å²) >= 11 is 0.